The van der Waals surface area contributed by atoms with Crippen molar-refractivity contribution < 1.29 is 14.3 Å². The van der Waals surface area contributed by atoms with Crippen LogP contribution in [0.1, 0.15) is 13.8 Å². The van der Waals surface area contributed by atoms with Gasteiger partial charge in [-0.15, -0.1) is 0 Å². The van der Waals surface area contributed by atoms with Gasteiger partial charge in [0.2, 0.25) is 5.95 Å². The van der Waals surface area contributed by atoms with Crippen LogP contribution in [-0.2, 0) is 9.59 Å². The summed E-state index contributed by atoms with van der Waals surface area (Å²) < 4.78 is 5.25. The molecule has 1 atom stereocenters. The zero-order valence-corrected chi connectivity index (χ0v) is 14.3. The number of anilines is 1. The van der Waals surface area contributed by atoms with E-state index < -0.39 is 0 Å². The number of Topliss-reactive ketones (excluding diaryl/α,β-unsaturated/α-hetero) is 2. The van der Waals surface area contributed by atoms with Gasteiger partial charge in [-0.25, -0.2) is 9.97 Å². The lowest BCUT2D eigenvalue weighted by molar-refractivity contribution is -0.121. The summed E-state index contributed by atoms with van der Waals surface area (Å²) in [7, 11) is 0. The molecule has 1 unspecified atom stereocenters. The summed E-state index contributed by atoms with van der Waals surface area (Å²) >= 11 is 4.05. The summed E-state index contributed by atoms with van der Waals surface area (Å²) in [6.07, 6.45) is 3.15. The van der Waals surface area contributed by atoms with E-state index in [4.69, 9.17) is 4.74 Å². The lowest BCUT2D eigenvalue weighted by Gasteiger charge is -2.37. The van der Waals surface area contributed by atoms with E-state index in [0.717, 1.165) is 26.2 Å². The number of nitrogens with zero attached hydrogens (tertiary/aromatic N) is 4. The number of piperazine rings is 1. The Balaban J connectivity index is 1.87. The Labute approximate surface area is 141 Å². The molecule has 7 nitrogen and oxygen atoms in total. The third kappa shape index (κ3) is 4.90. The smallest absolute Gasteiger partial charge is 0.225 e. The number of rotatable bonds is 7. The molecule has 23 heavy (non-hydrogen) atoms. The van der Waals surface area contributed by atoms with Crippen molar-refractivity contribution in [3.05, 3.63) is 12.4 Å². The summed E-state index contributed by atoms with van der Waals surface area (Å²) in [6, 6.07) is -0.0991. The van der Waals surface area contributed by atoms with Gasteiger partial charge in [0.15, 0.2) is 17.3 Å². The molecule has 0 bridgehead atoms. The molecule has 2 heterocycles. The molecule has 0 amide bonds. The third-order valence-electron chi connectivity index (χ3n) is 3.82. The van der Waals surface area contributed by atoms with Crippen molar-refractivity contribution in [3.63, 3.8) is 0 Å². The van der Waals surface area contributed by atoms with E-state index in [1.165, 1.54) is 6.92 Å². The van der Waals surface area contributed by atoms with E-state index in [1.54, 1.807) is 12.4 Å². The number of carbonyl (C=O) groups excluding carboxylic acids is 2. The van der Waals surface area contributed by atoms with Crippen LogP contribution in [0.3, 0.4) is 0 Å². The molecule has 0 N–H and O–H groups in total. The molecule has 126 valence electrons. The minimum absolute atomic E-state index is 0.0262. The van der Waals surface area contributed by atoms with Crippen LogP contribution in [0.2, 0.25) is 0 Å². The Bertz CT molecular complexity index is 544. The molecule has 1 aliphatic rings. The zero-order chi connectivity index (χ0) is 16.8. The number of thiol groups is 1. The molecule has 0 aliphatic carbocycles. The van der Waals surface area contributed by atoms with Crippen LogP contribution >= 0.6 is 12.6 Å². The quantitative estimate of drug-likeness (QED) is 0.724. The molecule has 8 heteroatoms. The van der Waals surface area contributed by atoms with Gasteiger partial charge in [0.1, 0.15) is 6.61 Å². The van der Waals surface area contributed by atoms with Gasteiger partial charge in [-0.3, -0.25) is 14.5 Å². The first kappa shape index (κ1) is 17.7. The minimum Gasteiger partial charge on any atom is -0.483 e. The molecule has 0 aromatic carbocycles. The predicted octanol–water partition coefficient (Wildman–Crippen LogP) is 0.454. The van der Waals surface area contributed by atoms with E-state index in [2.05, 4.69) is 32.4 Å². The van der Waals surface area contributed by atoms with Crippen molar-refractivity contribution in [1.82, 2.24) is 14.9 Å². The second kappa shape index (κ2) is 8.26. The lowest BCUT2D eigenvalue weighted by atomic mass is 10.1. The van der Waals surface area contributed by atoms with Gasteiger partial charge >= 0.3 is 0 Å². The lowest BCUT2D eigenvalue weighted by Crippen LogP contribution is -2.52. The Morgan fingerprint density at radius 1 is 1.26 bits per heavy atom. The number of hydrogen-bond acceptors (Lipinski definition) is 8. The summed E-state index contributed by atoms with van der Waals surface area (Å²) in [5.41, 5.74) is 0. The summed E-state index contributed by atoms with van der Waals surface area (Å²) in [5.74, 6) is 1.48. The van der Waals surface area contributed by atoms with Crippen LogP contribution in [0.15, 0.2) is 12.4 Å². The Morgan fingerprint density at radius 2 is 1.87 bits per heavy atom. The highest BCUT2D eigenvalue weighted by molar-refractivity contribution is 7.81. The van der Waals surface area contributed by atoms with Crippen molar-refractivity contribution >= 4 is 30.1 Å². The first-order valence-corrected chi connectivity index (χ1v) is 8.21. The first-order chi connectivity index (χ1) is 11.0. The molecule has 1 aromatic rings. The topological polar surface area (TPSA) is 75.6 Å². The maximum absolute atomic E-state index is 11.7. The maximum atomic E-state index is 11.7. The van der Waals surface area contributed by atoms with Crippen LogP contribution in [0.5, 0.6) is 5.75 Å². The number of aromatic nitrogens is 2. The minimum atomic E-state index is -0.0991. The van der Waals surface area contributed by atoms with Crippen LogP contribution in [0, 0.1) is 0 Å². The first-order valence-electron chi connectivity index (χ1n) is 7.58. The van der Waals surface area contributed by atoms with Crippen molar-refractivity contribution in [2.45, 2.75) is 19.9 Å². The second-order valence-electron chi connectivity index (χ2n) is 5.53. The molecule has 0 spiro atoms. The van der Waals surface area contributed by atoms with Crippen LogP contribution in [0.25, 0.3) is 0 Å². The maximum Gasteiger partial charge on any atom is 0.225 e. The van der Waals surface area contributed by atoms with Crippen LogP contribution < -0.4 is 9.64 Å². The van der Waals surface area contributed by atoms with Gasteiger partial charge in [-0.05, 0) is 13.8 Å². The molecular formula is C15H22N4O3S. The average molecular weight is 338 g/mol. The van der Waals surface area contributed by atoms with Gasteiger partial charge in [0.25, 0.3) is 0 Å². The standard InChI is InChI=1S/C15H22N4O3S/c1-11(20)9-22-13-7-16-15(17-8-13)19-5-3-18(4-6-19)12(2)14(21)10-23/h7-8,12,23H,3-6,9-10H2,1-2H3. The molecule has 1 fully saturated rings. The third-order valence-corrected chi connectivity index (χ3v) is 4.13. The predicted molar refractivity (Wildman–Crippen MR) is 90.3 cm³/mol. The normalized spacial score (nSPS) is 16.9. The summed E-state index contributed by atoms with van der Waals surface area (Å²) in [4.78, 5) is 35.4. The highest BCUT2D eigenvalue weighted by atomic mass is 32.1. The Kier molecular flexibility index (Phi) is 6.35. The van der Waals surface area contributed by atoms with Crippen LogP contribution in [0.4, 0.5) is 5.95 Å². The van der Waals surface area contributed by atoms with E-state index in [0.29, 0.717) is 11.7 Å². The fraction of sp³-hybridized carbons (Fsp3) is 0.600. The Hall–Kier alpha value is -1.67. The average Bonchev–Trinajstić information content (AvgIpc) is 2.59. The fourth-order valence-electron chi connectivity index (χ4n) is 2.38. The highest BCUT2D eigenvalue weighted by Crippen LogP contribution is 2.15. The van der Waals surface area contributed by atoms with Crippen molar-refractivity contribution in [1.29, 1.82) is 0 Å². The van der Waals surface area contributed by atoms with Gasteiger partial charge < -0.3 is 9.64 Å². The molecule has 2 rings (SSSR count). The molecule has 1 aromatic heterocycles. The Morgan fingerprint density at radius 3 is 2.39 bits per heavy atom. The SMILES string of the molecule is CC(=O)COc1cnc(N2CCN(C(C)C(=O)CS)CC2)nc1. The van der Waals surface area contributed by atoms with Crippen molar-refractivity contribution in [2.24, 2.45) is 0 Å². The largest absolute Gasteiger partial charge is 0.483 e. The summed E-state index contributed by atoms with van der Waals surface area (Å²) in [6.45, 7) is 6.51. The monoisotopic (exact) mass is 338 g/mol. The molecule has 0 saturated carbocycles. The molecule has 0 radical (unpaired) electrons. The van der Waals surface area contributed by atoms with E-state index in [9.17, 15) is 9.59 Å². The zero-order valence-electron chi connectivity index (χ0n) is 13.4. The molecule has 1 aliphatic heterocycles. The van der Waals surface area contributed by atoms with Crippen molar-refractivity contribution in [2.75, 3.05) is 43.4 Å². The van der Waals surface area contributed by atoms with Gasteiger partial charge in [-0.1, -0.05) is 0 Å². The fourth-order valence-corrected chi connectivity index (χ4v) is 2.64. The van der Waals surface area contributed by atoms with Gasteiger partial charge in [0.05, 0.1) is 24.2 Å². The van der Waals surface area contributed by atoms with Gasteiger partial charge in [-0.2, -0.15) is 12.6 Å². The molecule has 1 saturated heterocycles. The van der Waals surface area contributed by atoms with E-state index in [-0.39, 0.29) is 30.0 Å². The number of carbonyl (C=O) groups is 2. The molecular weight excluding hydrogens is 316 g/mol. The summed E-state index contributed by atoms with van der Waals surface area (Å²) in [5, 5.41) is 0. The number of ketones is 2. The van der Waals surface area contributed by atoms with E-state index >= 15 is 0 Å². The highest BCUT2D eigenvalue weighted by Gasteiger charge is 2.25. The van der Waals surface area contributed by atoms with Crippen LogP contribution in [-0.4, -0.2) is 71.0 Å². The van der Waals surface area contributed by atoms with Crippen molar-refractivity contribution in [3.8, 4) is 5.75 Å². The number of hydrogen-bond donors (Lipinski definition) is 1. The second-order valence-corrected chi connectivity index (χ2v) is 5.85. The number of ether oxygens (including phenoxy) is 1. The van der Waals surface area contributed by atoms with Gasteiger partial charge in [0, 0.05) is 26.2 Å². The van der Waals surface area contributed by atoms with E-state index in [1.807, 2.05) is 6.92 Å².